The van der Waals surface area contributed by atoms with Gasteiger partial charge in [-0.2, -0.15) is 4.98 Å². The molecule has 0 unspecified atom stereocenters. The van der Waals surface area contributed by atoms with E-state index in [-0.39, 0.29) is 33.5 Å². The minimum absolute atomic E-state index is 0.0651. The normalized spacial score (nSPS) is 20.0. The number of aryl methyl sites for hydroxylation is 3. The van der Waals surface area contributed by atoms with Crippen molar-refractivity contribution < 1.29 is 28.5 Å². The van der Waals surface area contributed by atoms with E-state index in [0.717, 1.165) is 292 Å². The van der Waals surface area contributed by atoms with Crippen LogP contribution in [0.4, 0.5) is 45.4 Å². The molecule has 0 atom stereocenters. The maximum absolute atomic E-state index is 13.3. The Morgan fingerprint density at radius 2 is 0.966 bits per heavy atom. The number of amides is 1. The summed E-state index contributed by atoms with van der Waals surface area (Å²) in [5.41, 5.74) is 18.1. The van der Waals surface area contributed by atoms with Crippen molar-refractivity contribution in [3.63, 3.8) is 0 Å². The van der Waals surface area contributed by atoms with Crippen molar-refractivity contribution in [2.45, 2.75) is 209 Å². The Morgan fingerprint density at radius 3 is 1.52 bits per heavy atom. The van der Waals surface area contributed by atoms with Crippen LogP contribution in [0.3, 0.4) is 0 Å². The number of nitrogens with one attached hydrogen (secondary N) is 5. The Bertz CT molecular complexity index is 5060. The summed E-state index contributed by atoms with van der Waals surface area (Å²) < 4.78 is 32.7. The minimum atomic E-state index is -0.546. The number of aromatic nitrogens is 6. The Morgan fingerprint density at radius 1 is 0.492 bits per heavy atom. The molecule has 0 radical (unpaired) electrons. The molecule has 20 rings (SSSR count). The molecule has 5 aromatic carbocycles. The average molecular weight is 1940 g/mol. The third-order valence-electron chi connectivity index (χ3n) is 27.3. The lowest BCUT2D eigenvalue weighted by Gasteiger charge is -2.40. The second kappa shape index (κ2) is 35.9. The molecule has 118 heavy (non-hydrogen) atoms. The number of fused-ring (bicyclic) bond motifs is 11. The molecule has 0 bridgehead atoms. The second-order valence-electron chi connectivity index (χ2n) is 35.8. The van der Waals surface area contributed by atoms with Crippen LogP contribution in [-0.4, -0.2) is 159 Å². The van der Waals surface area contributed by atoms with E-state index in [1.54, 1.807) is 12.7 Å². The highest BCUT2D eigenvalue weighted by Gasteiger charge is 2.49. The number of hydrogen-bond donors (Lipinski definition) is 5. The average Bonchev–Trinajstić information content (AvgIpc) is 1.60. The standard InChI is InChI=1S/C33H39IN4O4.C27H37N5O3.C20H23IN4O.C13H16IN/c1-32(2,3)42-31(39)38-21-33(26-14-11-23(34)19-28(26)38)15-17-37(18-16-33)30-35-27-8-6-5-7-25(27)29(36-30)41-20-22-9-12-24(40-4)13-10-22;33-25-21-4-1-2-5-23(21)29-26(30-25)32-11-8-27(9-12-32)19-28-24-18-20(6-7-22(24)27)35-15-3-10-31-13-16-34-17-14-31;21-13-5-6-15-17(11-13)22-12-20(15)7-9-25(10-8-20)19-23-16-4-2-1-3-14(16)18(26)24-19;14-10-4-5-11-12(8-10)15-9-13(11)6-2-1-3-7-13/h9-14,19H,5-8,15-18,20-21H2,1-4H3;6-7,18,28H,1-5,8-17,19H2,(H,29,30,33);5-6,11,22H,1-4,7-10,12H2,(H,23,24,26);4-5,8,15H,1-3,6-7,9H2. The van der Waals surface area contributed by atoms with E-state index in [4.69, 9.17) is 43.6 Å². The van der Waals surface area contributed by atoms with E-state index >= 15 is 0 Å². The third-order valence-corrected chi connectivity index (χ3v) is 29.3. The van der Waals surface area contributed by atoms with Gasteiger partial charge in [-0.3, -0.25) is 29.4 Å². The topological polar surface area (TPSA) is 233 Å². The van der Waals surface area contributed by atoms with Crippen LogP contribution in [0.1, 0.15) is 198 Å². The van der Waals surface area contributed by atoms with Gasteiger partial charge in [0, 0.05) is 157 Å². The van der Waals surface area contributed by atoms with Crippen molar-refractivity contribution in [2.75, 3.05) is 148 Å². The van der Waals surface area contributed by atoms with E-state index < -0.39 is 5.60 Å². The van der Waals surface area contributed by atoms with Gasteiger partial charge in [0.25, 0.3) is 11.1 Å². The van der Waals surface area contributed by atoms with E-state index in [1.807, 2.05) is 49.9 Å². The van der Waals surface area contributed by atoms with Gasteiger partial charge in [0.2, 0.25) is 23.7 Å². The molecule has 8 aliphatic heterocycles. The van der Waals surface area contributed by atoms with Gasteiger partial charge >= 0.3 is 6.09 Å². The number of aromatic amines is 2. The van der Waals surface area contributed by atoms with Crippen LogP contribution in [-0.2, 0) is 76.3 Å². The monoisotopic (exact) mass is 1940 g/mol. The summed E-state index contributed by atoms with van der Waals surface area (Å²) in [6.07, 6.45) is 26.1. The Labute approximate surface area is 735 Å². The number of morpholine rings is 1. The molecule has 8 aromatic rings. The first-order valence-electron chi connectivity index (χ1n) is 43.6. The molecule has 12 aliphatic rings. The number of methoxy groups -OCH3 is 1. The zero-order chi connectivity index (χ0) is 81.2. The van der Waals surface area contributed by atoms with Crippen molar-refractivity contribution in [1.82, 2.24) is 34.8 Å². The van der Waals surface area contributed by atoms with Gasteiger partial charge in [0.05, 0.1) is 49.7 Å². The van der Waals surface area contributed by atoms with Crippen molar-refractivity contribution in [3.8, 4) is 17.4 Å². The number of benzene rings is 5. The van der Waals surface area contributed by atoms with E-state index in [2.05, 4.69) is 186 Å². The van der Waals surface area contributed by atoms with Gasteiger partial charge in [-0.25, -0.2) is 19.7 Å². The molecule has 22 nitrogen and oxygen atoms in total. The number of carbonyl (C=O) groups is 1. The largest absolute Gasteiger partial charge is 0.497 e. The number of halogens is 3. The zero-order valence-corrected chi connectivity index (χ0v) is 75.6. The van der Waals surface area contributed by atoms with Crippen LogP contribution in [0.15, 0.2) is 107 Å². The fourth-order valence-corrected chi connectivity index (χ4v) is 22.0. The summed E-state index contributed by atoms with van der Waals surface area (Å²) in [6, 6.07) is 34.6. The molecule has 5 N–H and O–H groups in total. The second-order valence-corrected chi connectivity index (χ2v) is 39.6. The fourth-order valence-electron chi connectivity index (χ4n) is 20.6. The number of ether oxygens (including phenoxy) is 5. The van der Waals surface area contributed by atoms with Gasteiger partial charge < -0.3 is 54.3 Å². The minimum Gasteiger partial charge on any atom is -0.497 e. The number of carbonyl (C=O) groups excluding carboxylic acids is 1. The number of piperidine rings is 3. The van der Waals surface area contributed by atoms with Crippen molar-refractivity contribution in [1.29, 1.82) is 0 Å². The summed E-state index contributed by atoms with van der Waals surface area (Å²) in [6.45, 7) is 20.8. The number of rotatable bonds is 12. The Hall–Kier alpha value is -7.48. The molecule has 11 heterocycles. The Kier molecular flexibility index (Phi) is 25.2. The fraction of sp³-hybridized carbons (Fsp3) is 0.538. The highest BCUT2D eigenvalue weighted by Crippen LogP contribution is 2.52. The maximum atomic E-state index is 13.3. The lowest BCUT2D eigenvalue weighted by Crippen LogP contribution is -2.47. The van der Waals surface area contributed by atoms with Gasteiger partial charge in [-0.1, -0.05) is 55.7 Å². The quantitative estimate of drug-likeness (QED) is 0.0565. The summed E-state index contributed by atoms with van der Waals surface area (Å²) in [5, 5.41) is 10.9. The highest BCUT2D eigenvalue weighted by molar-refractivity contribution is 14.1. The lowest BCUT2D eigenvalue weighted by atomic mass is 9.71. The molecule has 4 aliphatic carbocycles. The molecule has 4 saturated heterocycles. The molecule has 3 aromatic heterocycles. The SMILES string of the molecule is COc1ccc(COc2nc(N3CCC4(CC3)CN(C(=O)OC(C)(C)C)c3cc(I)ccc34)nc3c2CCCC3)cc1.Ic1ccc2c(c1)NCC21CCCCC1.O=c1[nH]c(N2CCC3(CC2)CNc2cc(I)ccc23)nc2c1CCCC2.O=c1[nH]c(N2CCC3(CC2)CNc2cc(OCCCN4CCOCC4)ccc23)nc2c1CCCC2. The smallest absolute Gasteiger partial charge is 0.414 e. The van der Waals surface area contributed by atoms with Crippen molar-refractivity contribution in [2.24, 2.45) is 0 Å². The van der Waals surface area contributed by atoms with Crippen LogP contribution >= 0.6 is 67.8 Å². The lowest BCUT2D eigenvalue weighted by molar-refractivity contribution is 0.0358. The zero-order valence-electron chi connectivity index (χ0n) is 69.2. The number of nitrogens with zero attached hydrogens (tertiary/aromatic N) is 9. The molecule has 1 saturated carbocycles. The van der Waals surface area contributed by atoms with Crippen LogP contribution in [0.5, 0.6) is 17.4 Å². The van der Waals surface area contributed by atoms with Gasteiger partial charge in [-0.05, 0) is 306 Å². The summed E-state index contributed by atoms with van der Waals surface area (Å²) in [7, 11) is 1.67. The summed E-state index contributed by atoms with van der Waals surface area (Å²) in [5.74, 6) is 4.78. The van der Waals surface area contributed by atoms with E-state index in [1.165, 1.54) is 79.5 Å². The summed E-state index contributed by atoms with van der Waals surface area (Å²) >= 11 is 7.08. The first kappa shape index (κ1) is 82.8. The third kappa shape index (κ3) is 18.1. The first-order valence-corrected chi connectivity index (χ1v) is 46.9. The Balaban J connectivity index is 0.000000118. The van der Waals surface area contributed by atoms with Crippen molar-refractivity contribution in [3.05, 3.63) is 190 Å². The van der Waals surface area contributed by atoms with Gasteiger partial charge in [-0.15, -0.1) is 0 Å². The molecule has 25 heteroatoms. The molecule has 1 amide bonds. The highest BCUT2D eigenvalue weighted by atomic mass is 127. The van der Waals surface area contributed by atoms with Crippen LogP contribution < -0.4 is 60.9 Å². The predicted octanol–water partition coefficient (Wildman–Crippen LogP) is 16.7. The van der Waals surface area contributed by atoms with E-state index in [0.29, 0.717) is 24.4 Å². The van der Waals surface area contributed by atoms with Crippen LogP contribution in [0.2, 0.25) is 0 Å². The number of anilines is 7. The maximum Gasteiger partial charge on any atom is 0.414 e. The number of hydrogen-bond acceptors (Lipinski definition) is 19. The first-order chi connectivity index (χ1) is 57.3. The molecule has 626 valence electrons. The molecule has 4 spiro atoms. The van der Waals surface area contributed by atoms with Crippen LogP contribution in [0.25, 0.3) is 0 Å². The predicted molar refractivity (Wildman–Crippen MR) is 493 cm³/mol. The van der Waals surface area contributed by atoms with Crippen molar-refractivity contribution >= 4 is 114 Å². The summed E-state index contributed by atoms with van der Waals surface area (Å²) in [4.78, 5) is 75.3. The van der Waals surface area contributed by atoms with Gasteiger partial charge in [0.1, 0.15) is 23.7 Å². The molecule has 5 fully saturated rings. The van der Waals surface area contributed by atoms with E-state index in [9.17, 15) is 14.4 Å². The van der Waals surface area contributed by atoms with Gasteiger partial charge in [0.15, 0.2) is 0 Å². The molecular weight excluding hydrogens is 1820 g/mol. The molecular formula is C93H115I3N14O8. The van der Waals surface area contributed by atoms with Crippen LogP contribution in [0, 0.1) is 10.7 Å². The number of H-pyrrole nitrogens is 2.